The van der Waals surface area contributed by atoms with Crippen molar-refractivity contribution < 1.29 is 32.3 Å². The minimum atomic E-state index is -5.12. The van der Waals surface area contributed by atoms with Crippen molar-refractivity contribution in [2.75, 3.05) is 7.11 Å². The van der Waals surface area contributed by atoms with E-state index in [1.165, 1.54) is 16.7 Å². The number of benzene rings is 2. The highest BCUT2D eigenvalue weighted by Gasteiger charge is 2.52. The fourth-order valence-corrected chi connectivity index (χ4v) is 4.84. The maximum atomic E-state index is 13.3. The van der Waals surface area contributed by atoms with Crippen molar-refractivity contribution in [3.8, 4) is 12.3 Å². The van der Waals surface area contributed by atoms with E-state index in [4.69, 9.17) is 22.8 Å². The molecule has 0 amide bonds. The van der Waals surface area contributed by atoms with E-state index >= 15 is 0 Å². The van der Waals surface area contributed by atoms with Crippen LogP contribution in [0.2, 0.25) is 5.02 Å². The number of terminal acetylenes is 1. The minimum Gasteiger partial charge on any atom is -0.468 e. The first-order chi connectivity index (χ1) is 16.0. The summed E-state index contributed by atoms with van der Waals surface area (Å²) < 4.78 is 46.2. The molecule has 0 saturated carbocycles. The average Bonchev–Trinajstić information content (AvgIpc) is 3.17. The van der Waals surface area contributed by atoms with Crippen LogP contribution in [0.5, 0.6) is 0 Å². The number of hydrogen-bond acceptors (Lipinski definition) is 4. The summed E-state index contributed by atoms with van der Waals surface area (Å²) in [4.78, 5) is 38.3. The second-order valence-electron chi connectivity index (χ2n) is 8.04. The Kier molecular flexibility index (Phi) is 5.78. The van der Waals surface area contributed by atoms with Gasteiger partial charge in [0.25, 0.3) is 5.78 Å². The fraction of sp³-hybridized carbons (Fsp3) is 0.240. The molecule has 0 aliphatic carbocycles. The van der Waals surface area contributed by atoms with Gasteiger partial charge in [0.15, 0.2) is 11.2 Å². The molecule has 1 aliphatic heterocycles. The Morgan fingerprint density at radius 1 is 1.24 bits per heavy atom. The minimum absolute atomic E-state index is 0.0301. The molecule has 1 aromatic heterocycles. The van der Waals surface area contributed by atoms with Crippen molar-refractivity contribution in [1.29, 1.82) is 0 Å². The van der Waals surface area contributed by atoms with E-state index in [-0.39, 0.29) is 34.7 Å². The topological polar surface area (TPSA) is 65.4 Å². The quantitative estimate of drug-likeness (QED) is 0.282. The van der Waals surface area contributed by atoms with Crippen LogP contribution in [0.25, 0.3) is 10.9 Å². The summed E-state index contributed by atoms with van der Waals surface area (Å²) in [5.74, 6) is -1.71. The van der Waals surface area contributed by atoms with Crippen molar-refractivity contribution in [3.05, 3.63) is 70.4 Å². The normalized spacial score (nSPS) is 19.5. The zero-order valence-electron chi connectivity index (χ0n) is 17.8. The Labute approximate surface area is 197 Å². The van der Waals surface area contributed by atoms with Gasteiger partial charge >= 0.3 is 12.1 Å². The van der Waals surface area contributed by atoms with E-state index in [0.29, 0.717) is 11.1 Å². The largest absolute Gasteiger partial charge is 0.468 e. The number of methoxy groups -OCH3 is 1. The molecule has 1 aliphatic rings. The van der Waals surface area contributed by atoms with E-state index in [2.05, 4.69) is 5.92 Å². The summed E-state index contributed by atoms with van der Waals surface area (Å²) in [5, 5.41) is 0.00351. The van der Waals surface area contributed by atoms with Crippen LogP contribution in [0, 0.1) is 17.8 Å². The van der Waals surface area contributed by atoms with Gasteiger partial charge in [0, 0.05) is 34.5 Å². The first kappa shape index (κ1) is 23.6. The number of aromatic nitrogens is 1. The van der Waals surface area contributed by atoms with Crippen LogP contribution < -0.4 is 0 Å². The van der Waals surface area contributed by atoms with Gasteiger partial charge in [0.2, 0.25) is 0 Å². The van der Waals surface area contributed by atoms with Gasteiger partial charge in [-0.2, -0.15) is 13.2 Å². The molecule has 174 valence electrons. The molecular weight excluding hydrogens is 471 g/mol. The number of halogens is 4. The summed E-state index contributed by atoms with van der Waals surface area (Å²) in [5.41, 5.74) is -1.40. The maximum absolute atomic E-state index is 13.3. The standard InChI is InChI=1S/C25H17ClF3NO4/c1-3-24(23(33)34-2)13-30-12-18(22(32)25(27,28)29)16-9-15(26)10-17(21(16)30)19(24)11-20(31)14-7-5-4-6-8-14/h1,4-10,12,19H,11,13H2,2H3. The van der Waals surface area contributed by atoms with Gasteiger partial charge in [-0.1, -0.05) is 47.9 Å². The molecule has 34 heavy (non-hydrogen) atoms. The third-order valence-corrected chi connectivity index (χ3v) is 6.37. The lowest BCUT2D eigenvalue weighted by molar-refractivity contribution is -0.151. The third kappa shape index (κ3) is 3.66. The van der Waals surface area contributed by atoms with Gasteiger partial charge in [-0.3, -0.25) is 14.4 Å². The van der Waals surface area contributed by atoms with Crippen molar-refractivity contribution in [2.24, 2.45) is 5.41 Å². The van der Waals surface area contributed by atoms with Crippen LogP contribution in [0.4, 0.5) is 13.2 Å². The zero-order valence-corrected chi connectivity index (χ0v) is 18.5. The summed E-state index contributed by atoms with van der Waals surface area (Å²) >= 11 is 6.24. The average molecular weight is 488 g/mol. The molecule has 0 radical (unpaired) electrons. The molecule has 0 bridgehead atoms. The van der Waals surface area contributed by atoms with Crippen LogP contribution in [-0.2, 0) is 16.1 Å². The van der Waals surface area contributed by atoms with Crippen LogP contribution >= 0.6 is 11.6 Å². The lowest BCUT2D eigenvalue weighted by atomic mass is 9.67. The number of hydrogen-bond donors (Lipinski definition) is 0. The number of esters is 1. The summed E-state index contributed by atoms with van der Waals surface area (Å²) in [6.45, 7) is -0.279. The summed E-state index contributed by atoms with van der Waals surface area (Å²) in [7, 11) is 1.13. The highest BCUT2D eigenvalue weighted by atomic mass is 35.5. The van der Waals surface area contributed by atoms with E-state index in [9.17, 15) is 27.6 Å². The lowest BCUT2D eigenvalue weighted by Crippen LogP contribution is -2.44. The number of Topliss-reactive ketones (excluding diaryl/α,β-unsaturated/α-hetero) is 2. The Morgan fingerprint density at radius 3 is 2.50 bits per heavy atom. The lowest BCUT2D eigenvalue weighted by Gasteiger charge is -2.39. The third-order valence-electron chi connectivity index (χ3n) is 6.15. The zero-order chi connectivity index (χ0) is 24.8. The molecule has 2 heterocycles. The maximum Gasteiger partial charge on any atom is 0.454 e. The molecule has 0 saturated heterocycles. The number of carbonyl (C=O) groups excluding carboxylic acids is 3. The van der Waals surface area contributed by atoms with Gasteiger partial charge in [-0.15, -0.1) is 6.42 Å². The van der Waals surface area contributed by atoms with E-state index < -0.39 is 34.8 Å². The molecule has 0 spiro atoms. The van der Waals surface area contributed by atoms with Crippen molar-refractivity contribution in [3.63, 3.8) is 0 Å². The second kappa shape index (κ2) is 8.33. The number of nitrogens with zero attached hydrogens (tertiary/aromatic N) is 1. The van der Waals surface area contributed by atoms with Crippen LogP contribution in [0.15, 0.2) is 48.7 Å². The predicted octanol–water partition coefficient (Wildman–Crippen LogP) is 5.20. The molecule has 0 N–H and O–H groups in total. The Balaban J connectivity index is 1.98. The van der Waals surface area contributed by atoms with Crippen LogP contribution in [0.3, 0.4) is 0 Å². The monoisotopic (exact) mass is 487 g/mol. The SMILES string of the molecule is C#CC1(C(=O)OC)Cn2cc(C(=O)C(F)(F)F)c3cc(Cl)cc(c32)C1CC(=O)c1ccccc1. The number of alkyl halides is 3. The highest BCUT2D eigenvalue weighted by Crippen LogP contribution is 2.50. The van der Waals surface area contributed by atoms with Gasteiger partial charge < -0.3 is 9.30 Å². The molecule has 3 aromatic rings. The molecule has 2 unspecified atom stereocenters. The fourth-order valence-electron chi connectivity index (χ4n) is 4.61. The highest BCUT2D eigenvalue weighted by molar-refractivity contribution is 6.32. The Hall–Kier alpha value is -3.57. The van der Waals surface area contributed by atoms with Gasteiger partial charge in [0.05, 0.1) is 24.7 Å². The predicted molar refractivity (Wildman–Crippen MR) is 119 cm³/mol. The molecule has 5 nitrogen and oxygen atoms in total. The smallest absolute Gasteiger partial charge is 0.454 e. The number of ether oxygens (including phenoxy) is 1. The van der Waals surface area contributed by atoms with Gasteiger partial charge in [0.1, 0.15) is 0 Å². The second-order valence-corrected chi connectivity index (χ2v) is 8.48. The van der Waals surface area contributed by atoms with Crippen LogP contribution in [-0.4, -0.2) is 35.4 Å². The molecule has 0 fully saturated rings. The molecule has 2 aromatic carbocycles. The number of rotatable bonds is 5. The van der Waals surface area contributed by atoms with E-state index in [1.54, 1.807) is 30.3 Å². The van der Waals surface area contributed by atoms with Gasteiger partial charge in [-0.25, -0.2) is 0 Å². The van der Waals surface area contributed by atoms with Crippen molar-refractivity contribution in [2.45, 2.75) is 25.1 Å². The molecule has 9 heteroatoms. The number of carbonyl (C=O) groups is 3. The Morgan fingerprint density at radius 2 is 1.91 bits per heavy atom. The summed E-state index contributed by atoms with van der Waals surface area (Å²) in [6, 6.07) is 11.0. The van der Waals surface area contributed by atoms with Crippen LogP contribution in [0.1, 0.15) is 38.6 Å². The number of ketones is 2. The van der Waals surface area contributed by atoms with E-state index in [0.717, 1.165) is 13.3 Å². The summed E-state index contributed by atoms with van der Waals surface area (Å²) in [6.07, 6.45) is 1.49. The molecule has 4 rings (SSSR count). The molecular formula is C25H17ClF3NO4. The molecule has 2 atom stereocenters. The van der Waals surface area contributed by atoms with Gasteiger partial charge in [-0.05, 0) is 17.7 Å². The van der Waals surface area contributed by atoms with Crippen molar-refractivity contribution >= 4 is 40.0 Å². The first-order valence-corrected chi connectivity index (χ1v) is 10.5. The first-order valence-electron chi connectivity index (χ1n) is 10.1. The van der Waals surface area contributed by atoms with Crippen molar-refractivity contribution in [1.82, 2.24) is 4.57 Å². The van der Waals surface area contributed by atoms with E-state index in [1.807, 2.05) is 0 Å². The Bertz CT molecular complexity index is 1370.